The minimum Gasteiger partial charge on any atom is -0.324 e. The van der Waals surface area contributed by atoms with Crippen LogP contribution in [0.25, 0.3) is 10.9 Å². The number of nitrogens with zero attached hydrogens (tertiary/aromatic N) is 1. The number of para-hydroxylation sites is 1. The molecule has 0 radical (unpaired) electrons. The van der Waals surface area contributed by atoms with Crippen molar-refractivity contribution in [2.24, 2.45) is 11.1 Å². The summed E-state index contributed by atoms with van der Waals surface area (Å²) in [5.41, 5.74) is 9.04. The molecule has 1 saturated carbocycles. The van der Waals surface area contributed by atoms with Gasteiger partial charge in [-0.1, -0.05) is 51.0 Å². The number of nitrogens with two attached hydrogens (primary N) is 1. The molecule has 2 nitrogen and oxygen atoms in total. The lowest BCUT2D eigenvalue weighted by atomic mass is 9.62. The van der Waals surface area contributed by atoms with E-state index < -0.39 is 0 Å². The maximum absolute atomic E-state index is 6.77. The molecule has 1 atom stereocenters. The van der Waals surface area contributed by atoms with Gasteiger partial charge in [0.1, 0.15) is 0 Å². The Morgan fingerprint density at radius 1 is 1.05 bits per heavy atom. The van der Waals surface area contributed by atoms with E-state index in [1.165, 1.54) is 24.6 Å². The van der Waals surface area contributed by atoms with E-state index in [2.05, 4.69) is 44.2 Å². The standard InChI is InChI=1S/C18H24N2/c1-17(2)11-5-6-12-18(17,19)13-15-10-9-14-7-3-4-8-16(14)20-15/h3-4,7-10H,5-6,11-13,19H2,1-2H3. The highest BCUT2D eigenvalue weighted by molar-refractivity contribution is 5.78. The van der Waals surface area contributed by atoms with E-state index in [4.69, 9.17) is 10.7 Å². The molecule has 0 saturated heterocycles. The summed E-state index contributed by atoms with van der Waals surface area (Å²) in [6.07, 6.45) is 5.75. The van der Waals surface area contributed by atoms with E-state index in [0.717, 1.165) is 24.1 Å². The van der Waals surface area contributed by atoms with Crippen LogP contribution in [0.15, 0.2) is 36.4 Å². The van der Waals surface area contributed by atoms with Gasteiger partial charge in [-0.2, -0.15) is 0 Å². The number of hydrogen-bond acceptors (Lipinski definition) is 2. The van der Waals surface area contributed by atoms with Gasteiger partial charge in [0.2, 0.25) is 0 Å². The fraction of sp³-hybridized carbons (Fsp3) is 0.500. The normalized spacial score (nSPS) is 25.8. The molecule has 0 spiro atoms. The molecule has 1 unspecified atom stereocenters. The largest absolute Gasteiger partial charge is 0.324 e. The van der Waals surface area contributed by atoms with Crippen molar-refractivity contribution < 1.29 is 0 Å². The quantitative estimate of drug-likeness (QED) is 0.891. The maximum Gasteiger partial charge on any atom is 0.0705 e. The predicted molar refractivity (Wildman–Crippen MR) is 84.6 cm³/mol. The third-order valence-corrected chi connectivity index (χ3v) is 5.18. The summed E-state index contributed by atoms with van der Waals surface area (Å²) in [4.78, 5) is 4.80. The number of aromatic nitrogens is 1. The smallest absolute Gasteiger partial charge is 0.0705 e. The van der Waals surface area contributed by atoms with E-state index in [9.17, 15) is 0 Å². The lowest BCUT2D eigenvalue weighted by Crippen LogP contribution is -2.56. The third kappa shape index (κ3) is 2.33. The Bertz CT molecular complexity index is 618. The molecular weight excluding hydrogens is 244 g/mol. The Balaban J connectivity index is 1.92. The maximum atomic E-state index is 6.77. The first-order valence-electron chi connectivity index (χ1n) is 7.64. The molecule has 1 aliphatic rings. The van der Waals surface area contributed by atoms with E-state index in [1.54, 1.807) is 0 Å². The summed E-state index contributed by atoms with van der Waals surface area (Å²) < 4.78 is 0. The molecular formula is C18H24N2. The van der Waals surface area contributed by atoms with Gasteiger partial charge in [0.05, 0.1) is 5.52 Å². The highest BCUT2D eigenvalue weighted by Gasteiger charge is 2.43. The molecule has 0 aliphatic heterocycles. The van der Waals surface area contributed by atoms with Gasteiger partial charge in [-0.15, -0.1) is 0 Å². The number of pyridine rings is 1. The topological polar surface area (TPSA) is 38.9 Å². The van der Waals surface area contributed by atoms with Gasteiger partial charge in [-0.25, -0.2) is 0 Å². The number of fused-ring (bicyclic) bond motifs is 1. The van der Waals surface area contributed by atoms with E-state index in [0.29, 0.717) is 0 Å². The van der Waals surface area contributed by atoms with Gasteiger partial charge in [0.25, 0.3) is 0 Å². The molecule has 1 aliphatic carbocycles. The highest BCUT2D eigenvalue weighted by atomic mass is 14.8. The molecule has 20 heavy (non-hydrogen) atoms. The lowest BCUT2D eigenvalue weighted by Gasteiger charge is -2.48. The minimum atomic E-state index is -0.124. The van der Waals surface area contributed by atoms with Crippen LogP contribution in [-0.4, -0.2) is 10.5 Å². The number of hydrogen-bond donors (Lipinski definition) is 1. The first kappa shape index (κ1) is 13.6. The molecule has 106 valence electrons. The molecule has 2 N–H and O–H groups in total. The van der Waals surface area contributed by atoms with Crippen molar-refractivity contribution in [1.29, 1.82) is 0 Å². The summed E-state index contributed by atoms with van der Waals surface area (Å²) >= 11 is 0. The molecule has 1 aromatic carbocycles. The Kier molecular flexibility index (Phi) is 3.29. The van der Waals surface area contributed by atoms with Crippen LogP contribution in [0.4, 0.5) is 0 Å². The molecule has 1 heterocycles. The molecule has 3 rings (SSSR count). The Morgan fingerprint density at radius 3 is 2.60 bits per heavy atom. The zero-order valence-corrected chi connectivity index (χ0v) is 12.5. The van der Waals surface area contributed by atoms with Crippen LogP contribution in [0, 0.1) is 5.41 Å². The second kappa shape index (κ2) is 4.85. The van der Waals surface area contributed by atoms with Gasteiger partial charge in [0, 0.05) is 23.0 Å². The van der Waals surface area contributed by atoms with Crippen molar-refractivity contribution in [3.8, 4) is 0 Å². The number of rotatable bonds is 2. The van der Waals surface area contributed by atoms with E-state index in [-0.39, 0.29) is 11.0 Å². The molecule has 1 aromatic heterocycles. The minimum absolute atomic E-state index is 0.124. The van der Waals surface area contributed by atoms with Crippen LogP contribution in [0.1, 0.15) is 45.2 Å². The van der Waals surface area contributed by atoms with Crippen LogP contribution in [0.3, 0.4) is 0 Å². The fourth-order valence-electron chi connectivity index (χ4n) is 3.45. The monoisotopic (exact) mass is 268 g/mol. The number of benzene rings is 1. The van der Waals surface area contributed by atoms with Crippen molar-refractivity contribution in [3.05, 3.63) is 42.1 Å². The van der Waals surface area contributed by atoms with Crippen LogP contribution < -0.4 is 5.73 Å². The van der Waals surface area contributed by atoms with E-state index in [1.807, 2.05) is 6.07 Å². The molecule has 0 bridgehead atoms. The van der Waals surface area contributed by atoms with Crippen molar-refractivity contribution in [1.82, 2.24) is 4.98 Å². The van der Waals surface area contributed by atoms with Crippen LogP contribution in [0.5, 0.6) is 0 Å². The Labute approximate surface area is 121 Å². The van der Waals surface area contributed by atoms with Crippen molar-refractivity contribution in [2.45, 2.75) is 51.5 Å². The van der Waals surface area contributed by atoms with Gasteiger partial charge in [-0.3, -0.25) is 4.98 Å². The van der Waals surface area contributed by atoms with Crippen LogP contribution >= 0.6 is 0 Å². The zero-order chi connectivity index (χ0) is 14.2. The summed E-state index contributed by atoms with van der Waals surface area (Å²) in [6, 6.07) is 12.6. The van der Waals surface area contributed by atoms with Gasteiger partial charge in [0.15, 0.2) is 0 Å². The fourth-order valence-corrected chi connectivity index (χ4v) is 3.45. The molecule has 1 fully saturated rings. The lowest BCUT2D eigenvalue weighted by molar-refractivity contribution is 0.0982. The average molecular weight is 268 g/mol. The van der Waals surface area contributed by atoms with Crippen molar-refractivity contribution >= 4 is 10.9 Å². The first-order chi connectivity index (χ1) is 9.50. The molecule has 2 aromatic rings. The predicted octanol–water partition coefficient (Wildman–Crippen LogP) is 4.08. The van der Waals surface area contributed by atoms with Crippen molar-refractivity contribution in [2.75, 3.05) is 0 Å². The van der Waals surface area contributed by atoms with Crippen LogP contribution in [-0.2, 0) is 6.42 Å². The summed E-state index contributed by atoms with van der Waals surface area (Å²) in [5.74, 6) is 0. The Hall–Kier alpha value is -1.41. The van der Waals surface area contributed by atoms with Crippen molar-refractivity contribution in [3.63, 3.8) is 0 Å². The van der Waals surface area contributed by atoms with Gasteiger partial charge >= 0.3 is 0 Å². The SMILES string of the molecule is CC1(C)CCCCC1(N)Cc1ccc2ccccc2n1. The molecule has 0 amide bonds. The van der Waals surface area contributed by atoms with E-state index >= 15 is 0 Å². The summed E-state index contributed by atoms with van der Waals surface area (Å²) in [7, 11) is 0. The second-order valence-corrected chi connectivity index (χ2v) is 6.92. The van der Waals surface area contributed by atoms with Crippen LogP contribution in [0.2, 0.25) is 0 Å². The zero-order valence-electron chi connectivity index (χ0n) is 12.5. The van der Waals surface area contributed by atoms with Gasteiger partial charge in [-0.05, 0) is 30.4 Å². The third-order valence-electron chi connectivity index (χ3n) is 5.18. The highest BCUT2D eigenvalue weighted by Crippen LogP contribution is 2.43. The average Bonchev–Trinajstić information content (AvgIpc) is 2.42. The summed E-state index contributed by atoms with van der Waals surface area (Å²) in [5, 5.41) is 1.20. The first-order valence-corrected chi connectivity index (χ1v) is 7.64. The van der Waals surface area contributed by atoms with Gasteiger partial charge < -0.3 is 5.73 Å². The second-order valence-electron chi connectivity index (χ2n) is 6.92. The Morgan fingerprint density at radius 2 is 1.80 bits per heavy atom. The molecule has 2 heteroatoms. The summed E-state index contributed by atoms with van der Waals surface area (Å²) in [6.45, 7) is 4.63.